The third-order valence-electron chi connectivity index (χ3n) is 1.69. The number of rotatable bonds is 3. The standard InChI is InChI=1S/C8H6Br2N2O2S/c9-6-1-4(12(13)14)2-7(10)5(6)3-8(11)15/h1-2H,3H2,(H2,11,15). The van der Waals surface area contributed by atoms with Crippen LogP contribution in [0.3, 0.4) is 0 Å². The van der Waals surface area contributed by atoms with E-state index in [1.165, 1.54) is 12.1 Å². The fraction of sp³-hybridized carbons (Fsp3) is 0.125. The quantitative estimate of drug-likeness (QED) is 0.515. The van der Waals surface area contributed by atoms with E-state index >= 15 is 0 Å². The number of nitro benzene ring substituents is 1. The minimum atomic E-state index is -0.458. The molecule has 7 heteroatoms. The van der Waals surface area contributed by atoms with E-state index < -0.39 is 4.92 Å². The maximum absolute atomic E-state index is 10.6. The van der Waals surface area contributed by atoms with Gasteiger partial charge in [-0.05, 0) is 5.56 Å². The van der Waals surface area contributed by atoms with E-state index in [9.17, 15) is 10.1 Å². The van der Waals surface area contributed by atoms with Crippen molar-refractivity contribution in [2.45, 2.75) is 6.42 Å². The van der Waals surface area contributed by atoms with Gasteiger partial charge in [0, 0.05) is 27.5 Å². The molecule has 0 aliphatic rings. The highest BCUT2D eigenvalue weighted by molar-refractivity contribution is 9.11. The van der Waals surface area contributed by atoms with Crippen LogP contribution >= 0.6 is 44.1 Å². The topological polar surface area (TPSA) is 69.2 Å². The lowest BCUT2D eigenvalue weighted by Crippen LogP contribution is -2.12. The number of benzene rings is 1. The molecular weight excluding hydrogens is 348 g/mol. The molecule has 0 saturated heterocycles. The minimum absolute atomic E-state index is 0.0143. The molecule has 80 valence electrons. The van der Waals surface area contributed by atoms with E-state index in [2.05, 4.69) is 31.9 Å². The number of hydrogen-bond acceptors (Lipinski definition) is 3. The van der Waals surface area contributed by atoms with E-state index in [0.717, 1.165) is 5.56 Å². The number of nitro groups is 1. The molecule has 0 atom stereocenters. The Hall–Kier alpha value is -0.530. The van der Waals surface area contributed by atoms with Gasteiger partial charge in [0.2, 0.25) is 0 Å². The normalized spacial score (nSPS) is 10.0. The zero-order valence-electron chi connectivity index (χ0n) is 7.37. The lowest BCUT2D eigenvalue weighted by atomic mass is 10.1. The number of non-ortho nitro benzene ring substituents is 1. The highest BCUT2D eigenvalue weighted by atomic mass is 79.9. The van der Waals surface area contributed by atoms with Gasteiger partial charge in [0.25, 0.3) is 5.69 Å². The van der Waals surface area contributed by atoms with Crippen molar-refractivity contribution in [3.63, 3.8) is 0 Å². The Balaban J connectivity index is 3.21. The molecule has 0 aromatic heterocycles. The summed E-state index contributed by atoms with van der Waals surface area (Å²) in [5.41, 5.74) is 6.24. The molecule has 0 fully saturated rings. The summed E-state index contributed by atoms with van der Waals surface area (Å²) in [6.45, 7) is 0. The third-order valence-corrected chi connectivity index (χ3v) is 3.25. The van der Waals surface area contributed by atoms with Crippen LogP contribution in [0.2, 0.25) is 0 Å². The number of nitrogens with zero attached hydrogens (tertiary/aromatic N) is 1. The van der Waals surface area contributed by atoms with Crippen molar-refractivity contribution in [1.82, 2.24) is 0 Å². The summed E-state index contributed by atoms with van der Waals surface area (Å²) in [7, 11) is 0. The molecule has 0 aliphatic carbocycles. The zero-order valence-corrected chi connectivity index (χ0v) is 11.4. The van der Waals surface area contributed by atoms with E-state index in [4.69, 9.17) is 18.0 Å². The van der Waals surface area contributed by atoms with Crippen LogP contribution in [0.5, 0.6) is 0 Å². The monoisotopic (exact) mass is 352 g/mol. The first-order chi connectivity index (χ1) is 6.91. The molecular formula is C8H6Br2N2O2S. The maximum Gasteiger partial charge on any atom is 0.271 e. The first kappa shape index (κ1) is 12.5. The average molecular weight is 354 g/mol. The number of hydrogen-bond donors (Lipinski definition) is 1. The van der Waals surface area contributed by atoms with Crippen LogP contribution in [0.25, 0.3) is 0 Å². The summed E-state index contributed by atoms with van der Waals surface area (Å²) in [6, 6.07) is 2.86. The SMILES string of the molecule is NC(=S)Cc1c(Br)cc([N+](=O)[O-])cc1Br. The third kappa shape index (κ3) is 3.22. The van der Waals surface area contributed by atoms with Gasteiger partial charge in [-0.2, -0.15) is 0 Å². The van der Waals surface area contributed by atoms with E-state index in [-0.39, 0.29) is 5.69 Å². The smallest absolute Gasteiger partial charge is 0.271 e. The highest BCUT2D eigenvalue weighted by Crippen LogP contribution is 2.31. The van der Waals surface area contributed by atoms with Gasteiger partial charge in [-0.25, -0.2) is 0 Å². The van der Waals surface area contributed by atoms with Crippen LogP contribution in [-0.4, -0.2) is 9.91 Å². The van der Waals surface area contributed by atoms with Gasteiger partial charge in [0.15, 0.2) is 0 Å². The Labute approximate surface area is 108 Å². The molecule has 0 aliphatic heterocycles. The Kier molecular flexibility index (Phi) is 4.18. The molecule has 2 N–H and O–H groups in total. The Morgan fingerprint density at radius 1 is 1.47 bits per heavy atom. The van der Waals surface area contributed by atoms with Gasteiger partial charge in [-0.1, -0.05) is 44.1 Å². The number of halogens is 2. The first-order valence-electron chi connectivity index (χ1n) is 3.82. The average Bonchev–Trinajstić information content (AvgIpc) is 2.10. The molecule has 1 rings (SSSR count). The van der Waals surface area contributed by atoms with Crippen LogP contribution in [0.1, 0.15) is 5.56 Å². The summed E-state index contributed by atoms with van der Waals surface area (Å²) < 4.78 is 1.24. The van der Waals surface area contributed by atoms with Crippen LogP contribution in [0, 0.1) is 10.1 Å². The van der Waals surface area contributed by atoms with Crippen LogP contribution < -0.4 is 5.73 Å². The molecule has 0 heterocycles. The van der Waals surface area contributed by atoms with Crippen molar-refractivity contribution in [2.75, 3.05) is 0 Å². The second-order valence-corrected chi connectivity index (χ2v) is 5.02. The van der Waals surface area contributed by atoms with Gasteiger partial charge >= 0.3 is 0 Å². The van der Waals surface area contributed by atoms with Crippen molar-refractivity contribution >= 4 is 54.8 Å². The highest BCUT2D eigenvalue weighted by Gasteiger charge is 2.14. The summed E-state index contributed by atoms with van der Waals surface area (Å²) in [5.74, 6) is 0. The first-order valence-corrected chi connectivity index (χ1v) is 5.82. The molecule has 1 aromatic carbocycles. The van der Waals surface area contributed by atoms with Crippen LogP contribution in [0.15, 0.2) is 21.1 Å². The van der Waals surface area contributed by atoms with Gasteiger partial charge in [0.05, 0.1) is 9.91 Å². The van der Waals surface area contributed by atoms with Crippen LogP contribution in [-0.2, 0) is 6.42 Å². The van der Waals surface area contributed by atoms with Gasteiger partial charge in [-0.3, -0.25) is 10.1 Å². The molecule has 0 spiro atoms. The fourth-order valence-electron chi connectivity index (χ4n) is 1.04. The lowest BCUT2D eigenvalue weighted by molar-refractivity contribution is -0.385. The lowest BCUT2D eigenvalue weighted by Gasteiger charge is -2.06. The largest absolute Gasteiger partial charge is 0.393 e. The van der Waals surface area contributed by atoms with Gasteiger partial charge in [-0.15, -0.1) is 0 Å². The molecule has 0 amide bonds. The predicted octanol–water partition coefficient (Wildman–Crippen LogP) is 2.95. The van der Waals surface area contributed by atoms with E-state index in [0.29, 0.717) is 20.4 Å². The molecule has 0 unspecified atom stereocenters. The molecule has 4 nitrogen and oxygen atoms in total. The van der Waals surface area contributed by atoms with Crippen molar-refractivity contribution < 1.29 is 4.92 Å². The van der Waals surface area contributed by atoms with Crippen molar-refractivity contribution in [2.24, 2.45) is 5.73 Å². The second-order valence-electron chi connectivity index (χ2n) is 2.79. The summed E-state index contributed by atoms with van der Waals surface area (Å²) in [5, 5.41) is 10.6. The Morgan fingerprint density at radius 3 is 2.27 bits per heavy atom. The molecule has 0 saturated carbocycles. The predicted molar refractivity (Wildman–Crippen MR) is 69.0 cm³/mol. The van der Waals surface area contributed by atoms with E-state index in [1.807, 2.05) is 0 Å². The minimum Gasteiger partial charge on any atom is -0.393 e. The summed E-state index contributed by atoms with van der Waals surface area (Å²) in [4.78, 5) is 10.4. The number of thiocarbonyl (C=S) groups is 1. The van der Waals surface area contributed by atoms with Crippen LogP contribution in [0.4, 0.5) is 5.69 Å². The molecule has 1 aromatic rings. The Bertz CT molecular complexity index is 414. The van der Waals surface area contributed by atoms with Gasteiger partial charge < -0.3 is 5.73 Å². The fourth-order valence-corrected chi connectivity index (χ4v) is 2.63. The molecule has 0 bridgehead atoms. The van der Waals surface area contributed by atoms with Gasteiger partial charge in [0.1, 0.15) is 0 Å². The zero-order chi connectivity index (χ0) is 11.6. The molecule has 0 radical (unpaired) electrons. The Morgan fingerprint density at radius 2 is 1.93 bits per heavy atom. The van der Waals surface area contributed by atoms with Crippen molar-refractivity contribution in [3.8, 4) is 0 Å². The summed E-state index contributed by atoms with van der Waals surface area (Å²) >= 11 is 11.3. The van der Waals surface area contributed by atoms with E-state index in [1.54, 1.807) is 0 Å². The van der Waals surface area contributed by atoms with Crippen molar-refractivity contribution in [1.29, 1.82) is 0 Å². The molecule has 15 heavy (non-hydrogen) atoms. The number of nitrogens with two attached hydrogens (primary N) is 1. The second kappa shape index (κ2) is 5.00. The summed E-state index contributed by atoms with van der Waals surface area (Å²) in [6.07, 6.45) is 0.397. The maximum atomic E-state index is 10.6. The van der Waals surface area contributed by atoms with Crippen molar-refractivity contribution in [3.05, 3.63) is 36.8 Å².